The van der Waals surface area contributed by atoms with Crippen LogP contribution in [0.3, 0.4) is 0 Å². The summed E-state index contributed by atoms with van der Waals surface area (Å²) in [5.41, 5.74) is 3.29. The van der Waals surface area contributed by atoms with Crippen LogP contribution in [0.2, 0.25) is 0 Å². The average Bonchev–Trinajstić information content (AvgIpc) is 3.27. The van der Waals surface area contributed by atoms with Crippen molar-refractivity contribution in [3.8, 4) is 0 Å². The van der Waals surface area contributed by atoms with E-state index in [1.54, 1.807) is 13.1 Å². The highest BCUT2D eigenvalue weighted by Gasteiger charge is 2.19. The molecule has 3 aromatic heterocycles. The number of aryl methyl sites for hydroxylation is 2. The lowest BCUT2D eigenvalue weighted by atomic mass is 10.2. The predicted octanol–water partition coefficient (Wildman–Crippen LogP) is 3.16. The lowest BCUT2D eigenvalue weighted by Crippen LogP contribution is -2.20. The van der Waals surface area contributed by atoms with Gasteiger partial charge in [0, 0.05) is 30.5 Å². The van der Waals surface area contributed by atoms with Crippen molar-refractivity contribution in [1.29, 1.82) is 0 Å². The molecule has 0 fully saturated rings. The van der Waals surface area contributed by atoms with Gasteiger partial charge in [0.25, 0.3) is 5.56 Å². The molecule has 0 spiro atoms. The maximum absolute atomic E-state index is 12.9. The lowest BCUT2D eigenvalue weighted by molar-refractivity contribution is 0.102. The van der Waals surface area contributed by atoms with Crippen LogP contribution in [0.4, 0.5) is 0 Å². The average molecular weight is 407 g/mol. The maximum Gasteiger partial charge on any atom is 0.262 e. The lowest BCUT2D eigenvalue weighted by Gasteiger charge is -2.08. The third-order valence-electron chi connectivity index (χ3n) is 5.11. The summed E-state index contributed by atoms with van der Waals surface area (Å²) in [7, 11) is 1.67. The van der Waals surface area contributed by atoms with Crippen LogP contribution < -0.4 is 5.56 Å². The summed E-state index contributed by atoms with van der Waals surface area (Å²) in [5, 5.41) is 9.57. The fourth-order valence-corrected chi connectivity index (χ4v) is 4.43. The van der Waals surface area contributed by atoms with Gasteiger partial charge in [0.1, 0.15) is 0 Å². The highest BCUT2D eigenvalue weighted by molar-refractivity contribution is 7.99. The van der Waals surface area contributed by atoms with Crippen molar-refractivity contribution in [2.45, 2.75) is 25.5 Å². The van der Waals surface area contributed by atoms with Crippen LogP contribution in [-0.2, 0) is 13.6 Å². The fourth-order valence-electron chi connectivity index (χ4n) is 3.61. The number of benzene rings is 1. The Morgan fingerprint density at radius 3 is 2.76 bits per heavy atom. The molecule has 1 aromatic carbocycles. The minimum Gasteiger partial charge on any atom is -0.345 e. The van der Waals surface area contributed by atoms with E-state index in [9.17, 15) is 9.59 Å². The van der Waals surface area contributed by atoms with Crippen molar-refractivity contribution >= 4 is 34.2 Å². The van der Waals surface area contributed by atoms with Crippen molar-refractivity contribution in [2.75, 3.05) is 5.75 Å². The second-order valence-corrected chi connectivity index (χ2v) is 7.84. The number of ketones is 1. The normalized spacial score (nSPS) is 11.4. The molecule has 0 saturated carbocycles. The first-order valence-electron chi connectivity index (χ1n) is 9.20. The van der Waals surface area contributed by atoms with E-state index in [1.165, 1.54) is 16.3 Å². The number of hydrogen-bond acceptors (Lipinski definition) is 5. The Bertz CT molecular complexity index is 1330. The van der Waals surface area contributed by atoms with E-state index in [0.29, 0.717) is 28.4 Å². The molecule has 0 aliphatic rings. The van der Waals surface area contributed by atoms with E-state index in [0.717, 1.165) is 16.9 Å². The predicted molar refractivity (Wildman–Crippen MR) is 115 cm³/mol. The van der Waals surface area contributed by atoms with Gasteiger partial charge < -0.3 is 4.57 Å². The Labute approximate surface area is 171 Å². The van der Waals surface area contributed by atoms with Gasteiger partial charge in [-0.1, -0.05) is 30.0 Å². The van der Waals surface area contributed by atoms with E-state index in [2.05, 4.69) is 21.3 Å². The van der Waals surface area contributed by atoms with Crippen LogP contribution in [0.25, 0.3) is 16.7 Å². The number of aromatic nitrogens is 5. The van der Waals surface area contributed by atoms with Gasteiger partial charge in [0.2, 0.25) is 5.78 Å². The summed E-state index contributed by atoms with van der Waals surface area (Å²) in [6.07, 6.45) is 1.82. The van der Waals surface area contributed by atoms with Gasteiger partial charge in [-0.05, 0) is 32.0 Å². The third kappa shape index (κ3) is 3.09. The van der Waals surface area contributed by atoms with Crippen LogP contribution in [0.5, 0.6) is 0 Å². The molecule has 0 N–H and O–H groups in total. The SMILES string of the molecule is C=CCn1c(C)cc(C(=O)CSc2nnc3n(C)c(=O)c4ccccc4n23)c1C. The van der Waals surface area contributed by atoms with Crippen LogP contribution in [0, 0.1) is 13.8 Å². The number of carbonyl (C=O) groups is 1. The van der Waals surface area contributed by atoms with Crippen molar-refractivity contribution < 1.29 is 4.79 Å². The smallest absolute Gasteiger partial charge is 0.262 e. The molecule has 0 aliphatic carbocycles. The van der Waals surface area contributed by atoms with Crippen LogP contribution in [0.1, 0.15) is 21.7 Å². The van der Waals surface area contributed by atoms with Gasteiger partial charge >= 0.3 is 0 Å². The van der Waals surface area contributed by atoms with Gasteiger partial charge in [0.05, 0.1) is 16.7 Å². The standard InChI is InChI=1S/C21H21N5O2S/c1-5-10-25-13(2)11-16(14(25)3)18(27)12-29-21-23-22-20-24(4)19(28)15-8-6-7-9-17(15)26(20)21/h5-9,11H,1,10,12H2,2-4H3. The van der Waals surface area contributed by atoms with E-state index in [-0.39, 0.29) is 17.1 Å². The molecule has 0 unspecified atom stereocenters. The van der Waals surface area contributed by atoms with E-state index < -0.39 is 0 Å². The third-order valence-corrected chi connectivity index (χ3v) is 6.04. The minimum atomic E-state index is -0.122. The number of thioether (sulfide) groups is 1. The molecule has 0 saturated heterocycles. The quantitative estimate of drug-likeness (QED) is 0.279. The second kappa shape index (κ2) is 7.36. The summed E-state index contributed by atoms with van der Waals surface area (Å²) in [4.78, 5) is 25.4. The summed E-state index contributed by atoms with van der Waals surface area (Å²) in [6, 6.07) is 9.26. The molecule has 4 aromatic rings. The molecule has 0 bridgehead atoms. The number of hydrogen-bond donors (Lipinski definition) is 0. The van der Waals surface area contributed by atoms with Crippen LogP contribution >= 0.6 is 11.8 Å². The molecular weight excluding hydrogens is 386 g/mol. The van der Waals surface area contributed by atoms with Crippen molar-refractivity contribution in [1.82, 2.24) is 23.7 Å². The Balaban J connectivity index is 1.69. The van der Waals surface area contributed by atoms with Crippen molar-refractivity contribution in [2.24, 2.45) is 7.05 Å². The van der Waals surface area contributed by atoms with Crippen LogP contribution in [-0.4, -0.2) is 35.3 Å². The van der Waals surface area contributed by atoms with Gasteiger partial charge in [-0.15, -0.1) is 16.8 Å². The number of rotatable bonds is 6. The number of nitrogens with zero attached hydrogens (tertiary/aromatic N) is 5. The highest BCUT2D eigenvalue weighted by atomic mass is 32.2. The first-order chi connectivity index (χ1) is 13.9. The molecular formula is C21H21N5O2S. The molecule has 0 aliphatic heterocycles. The Morgan fingerprint density at radius 2 is 2.00 bits per heavy atom. The van der Waals surface area contributed by atoms with Gasteiger partial charge in [-0.3, -0.25) is 18.6 Å². The Hall–Kier alpha value is -3.13. The zero-order valence-electron chi connectivity index (χ0n) is 16.5. The van der Waals surface area contributed by atoms with E-state index in [4.69, 9.17) is 0 Å². The summed E-state index contributed by atoms with van der Waals surface area (Å²) >= 11 is 1.32. The van der Waals surface area contributed by atoms with Crippen LogP contribution in [0.15, 0.2) is 52.9 Å². The Morgan fingerprint density at radius 1 is 1.24 bits per heavy atom. The molecule has 3 heterocycles. The molecule has 0 amide bonds. The number of fused-ring (bicyclic) bond motifs is 3. The molecule has 0 radical (unpaired) electrons. The van der Waals surface area contributed by atoms with Crippen molar-refractivity contribution in [3.05, 3.63) is 70.3 Å². The molecule has 7 nitrogen and oxygen atoms in total. The number of Topliss-reactive ketones (excluding diaryl/α,β-unsaturated/α-hetero) is 1. The zero-order valence-corrected chi connectivity index (χ0v) is 17.4. The number of allylic oxidation sites excluding steroid dienone is 1. The molecule has 148 valence electrons. The molecule has 0 atom stereocenters. The molecule has 29 heavy (non-hydrogen) atoms. The topological polar surface area (TPSA) is 74.2 Å². The summed E-state index contributed by atoms with van der Waals surface area (Å²) in [5.74, 6) is 0.716. The fraction of sp³-hybridized carbons (Fsp3) is 0.238. The molecule has 4 rings (SSSR count). The van der Waals surface area contributed by atoms with Gasteiger partial charge in [0.15, 0.2) is 10.9 Å². The molecule has 8 heteroatoms. The van der Waals surface area contributed by atoms with Gasteiger partial charge in [-0.2, -0.15) is 0 Å². The second-order valence-electron chi connectivity index (χ2n) is 6.90. The van der Waals surface area contributed by atoms with Crippen molar-refractivity contribution in [3.63, 3.8) is 0 Å². The first-order valence-corrected chi connectivity index (χ1v) is 10.2. The number of para-hydroxylation sites is 1. The van der Waals surface area contributed by atoms with Gasteiger partial charge in [-0.25, -0.2) is 0 Å². The highest BCUT2D eigenvalue weighted by Crippen LogP contribution is 2.23. The minimum absolute atomic E-state index is 0.0317. The van der Waals surface area contributed by atoms with E-state index in [1.807, 2.05) is 48.6 Å². The maximum atomic E-state index is 12.9. The Kier molecular flexibility index (Phi) is 4.87. The first kappa shape index (κ1) is 19.2. The van der Waals surface area contributed by atoms with E-state index >= 15 is 0 Å². The monoisotopic (exact) mass is 407 g/mol. The zero-order chi connectivity index (χ0) is 20.7. The summed E-state index contributed by atoms with van der Waals surface area (Å²) in [6.45, 7) is 8.38. The number of carbonyl (C=O) groups excluding carboxylic acids is 1. The largest absolute Gasteiger partial charge is 0.345 e. The summed E-state index contributed by atoms with van der Waals surface area (Å²) < 4.78 is 5.38.